The summed E-state index contributed by atoms with van der Waals surface area (Å²) >= 11 is 1.62. The molecule has 20 heavy (non-hydrogen) atoms. The van der Waals surface area contributed by atoms with Gasteiger partial charge in [-0.05, 0) is 23.6 Å². The molecule has 0 spiro atoms. The highest BCUT2D eigenvalue weighted by Crippen LogP contribution is 2.26. The molecule has 2 N–H and O–H groups in total. The molecule has 0 aliphatic heterocycles. The van der Waals surface area contributed by atoms with E-state index in [1.165, 1.54) is 0 Å². The lowest BCUT2D eigenvalue weighted by Gasteiger charge is -2.08. The summed E-state index contributed by atoms with van der Waals surface area (Å²) in [6.45, 7) is 0.794. The van der Waals surface area contributed by atoms with E-state index in [0.717, 1.165) is 34.7 Å². The number of anilines is 2. The van der Waals surface area contributed by atoms with Crippen LogP contribution in [0.3, 0.4) is 0 Å². The summed E-state index contributed by atoms with van der Waals surface area (Å²) in [4.78, 5) is 14.2. The van der Waals surface area contributed by atoms with Gasteiger partial charge in [-0.3, -0.25) is 4.98 Å². The first-order valence-electron chi connectivity index (χ1n) is 6.43. The largest absolute Gasteiger partial charge is 0.369 e. The molecule has 3 aromatic rings. The third kappa shape index (κ3) is 2.70. The number of thiophene rings is 1. The van der Waals surface area contributed by atoms with Crippen molar-refractivity contribution in [3.05, 3.63) is 41.5 Å². The first kappa shape index (κ1) is 12.8. The normalized spacial score (nSPS) is 10.7. The van der Waals surface area contributed by atoms with Gasteiger partial charge in [0.25, 0.3) is 0 Å². The molecule has 0 fully saturated rings. The first-order chi connectivity index (χ1) is 9.86. The maximum atomic E-state index is 4.48. The van der Waals surface area contributed by atoms with Crippen LogP contribution in [0.15, 0.2) is 35.8 Å². The zero-order chi connectivity index (χ0) is 13.8. The molecule has 0 saturated carbocycles. The van der Waals surface area contributed by atoms with Crippen LogP contribution in [0.2, 0.25) is 0 Å². The van der Waals surface area contributed by atoms with Gasteiger partial charge >= 0.3 is 0 Å². The average molecular weight is 285 g/mol. The van der Waals surface area contributed by atoms with Crippen LogP contribution in [-0.4, -0.2) is 28.5 Å². The van der Waals surface area contributed by atoms with E-state index < -0.39 is 0 Å². The summed E-state index contributed by atoms with van der Waals surface area (Å²) in [5, 5.41) is 9.46. The Morgan fingerprint density at radius 3 is 2.95 bits per heavy atom. The lowest BCUT2D eigenvalue weighted by atomic mass is 10.2. The maximum Gasteiger partial charge on any atom is 0.225 e. The standard InChI is InChI=1S/C14H15N5S/c1-15-14-18-12(11-6-9-20-13(11)19-14)17-8-5-10-4-2-3-7-16-10/h2-4,6-7,9H,5,8H2,1H3,(H2,15,17,18,19). The van der Waals surface area contributed by atoms with Crippen molar-refractivity contribution in [2.45, 2.75) is 6.42 Å². The second kappa shape index (κ2) is 5.83. The van der Waals surface area contributed by atoms with Crippen molar-refractivity contribution in [2.75, 3.05) is 24.2 Å². The Bertz CT molecular complexity index is 695. The number of nitrogens with one attached hydrogen (secondary N) is 2. The summed E-state index contributed by atoms with van der Waals surface area (Å²) in [6.07, 6.45) is 2.68. The minimum absolute atomic E-state index is 0.639. The van der Waals surface area contributed by atoms with Crippen molar-refractivity contribution in [1.82, 2.24) is 15.0 Å². The number of hydrogen-bond acceptors (Lipinski definition) is 6. The second-order valence-corrected chi connectivity index (χ2v) is 5.18. The van der Waals surface area contributed by atoms with E-state index >= 15 is 0 Å². The Morgan fingerprint density at radius 1 is 1.20 bits per heavy atom. The molecule has 6 heteroatoms. The Kier molecular flexibility index (Phi) is 3.73. The van der Waals surface area contributed by atoms with E-state index in [-0.39, 0.29) is 0 Å². The SMILES string of the molecule is CNc1nc(NCCc2ccccn2)c2ccsc2n1. The van der Waals surface area contributed by atoms with Crippen LogP contribution >= 0.6 is 11.3 Å². The van der Waals surface area contributed by atoms with E-state index in [1.54, 1.807) is 11.3 Å². The van der Waals surface area contributed by atoms with Crippen molar-refractivity contribution >= 4 is 33.3 Å². The topological polar surface area (TPSA) is 62.7 Å². The maximum absolute atomic E-state index is 4.48. The highest BCUT2D eigenvalue weighted by Gasteiger charge is 2.07. The van der Waals surface area contributed by atoms with Crippen LogP contribution in [0.25, 0.3) is 10.2 Å². The Hall–Kier alpha value is -2.21. The molecule has 3 heterocycles. The number of fused-ring (bicyclic) bond motifs is 1. The third-order valence-corrected chi connectivity index (χ3v) is 3.76. The molecular formula is C14H15N5S. The van der Waals surface area contributed by atoms with E-state index in [4.69, 9.17) is 0 Å². The molecular weight excluding hydrogens is 270 g/mol. The second-order valence-electron chi connectivity index (χ2n) is 4.28. The fourth-order valence-corrected chi connectivity index (χ4v) is 2.72. The summed E-state index contributed by atoms with van der Waals surface area (Å²) in [5.41, 5.74) is 1.07. The molecule has 3 rings (SSSR count). The molecule has 0 unspecified atom stereocenters. The lowest BCUT2D eigenvalue weighted by molar-refractivity contribution is 0.955. The molecule has 102 valence electrons. The molecule has 0 aromatic carbocycles. The van der Waals surface area contributed by atoms with Gasteiger partial charge in [0, 0.05) is 31.9 Å². The Labute approximate surface area is 121 Å². The van der Waals surface area contributed by atoms with Crippen molar-refractivity contribution in [3.63, 3.8) is 0 Å². The Balaban J connectivity index is 1.75. The van der Waals surface area contributed by atoms with Crippen LogP contribution in [0.1, 0.15) is 5.69 Å². The molecule has 0 saturated heterocycles. The number of hydrogen-bond donors (Lipinski definition) is 2. The smallest absolute Gasteiger partial charge is 0.225 e. The van der Waals surface area contributed by atoms with Crippen LogP contribution in [0.4, 0.5) is 11.8 Å². The molecule has 0 radical (unpaired) electrons. The van der Waals surface area contributed by atoms with Gasteiger partial charge in [0.2, 0.25) is 5.95 Å². The summed E-state index contributed by atoms with van der Waals surface area (Å²) in [6, 6.07) is 8.00. The molecule has 0 aliphatic rings. The van der Waals surface area contributed by atoms with E-state index in [0.29, 0.717) is 5.95 Å². The minimum atomic E-state index is 0.639. The number of nitrogens with zero attached hydrogens (tertiary/aromatic N) is 3. The van der Waals surface area contributed by atoms with Crippen molar-refractivity contribution in [1.29, 1.82) is 0 Å². The van der Waals surface area contributed by atoms with Crippen molar-refractivity contribution < 1.29 is 0 Å². The highest BCUT2D eigenvalue weighted by atomic mass is 32.1. The molecule has 0 atom stereocenters. The van der Waals surface area contributed by atoms with Gasteiger partial charge in [0.15, 0.2) is 0 Å². The van der Waals surface area contributed by atoms with Gasteiger partial charge in [-0.1, -0.05) is 6.07 Å². The van der Waals surface area contributed by atoms with E-state index in [1.807, 2.05) is 42.9 Å². The fraction of sp³-hybridized carbons (Fsp3) is 0.214. The fourth-order valence-electron chi connectivity index (χ4n) is 1.96. The quantitative estimate of drug-likeness (QED) is 0.754. The molecule has 0 amide bonds. The summed E-state index contributed by atoms with van der Waals surface area (Å²) in [7, 11) is 1.83. The van der Waals surface area contributed by atoms with E-state index in [2.05, 4.69) is 25.6 Å². The Morgan fingerprint density at radius 2 is 2.15 bits per heavy atom. The number of pyridine rings is 1. The van der Waals surface area contributed by atoms with Gasteiger partial charge in [0.1, 0.15) is 10.6 Å². The average Bonchev–Trinajstić information content (AvgIpc) is 2.96. The minimum Gasteiger partial charge on any atom is -0.369 e. The summed E-state index contributed by atoms with van der Waals surface area (Å²) in [5.74, 6) is 1.51. The van der Waals surface area contributed by atoms with Gasteiger partial charge in [-0.25, -0.2) is 4.98 Å². The van der Waals surface area contributed by atoms with E-state index in [9.17, 15) is 0 Å². The predicted molar refractivity (Wildman–Crippen MR) is 83.4 cm³/mol. The van der Waals surface area contributed by atoms with Crippen LogP contribution in [0, 0.1) is 0 Å². The van der Waals surface area contributed by atoms with Crippen molar-refractivity contribution in [2.24, 2.45) is 0 Å². The molecule has 3 aromatic heterocycles. The molecule has 0 bridgehead atoms. The monoisotopic (exact) mass is 285 g/mol. The molecule has 0 aliphatic carbocycles. The van der Waals surface area contributed by atoms with Gasteiger partial charge in [-0.15, -0.1) is 11.3 Å². The van der Waals surface area contributed by atoms with Crippen LogP contribution < -0.4 is 10.6 Å². The van der Waals surface area contributed by atoms with Crippen LogP contribution in [0.5, 0.6) is 0 Å². The van der Waals surface area contributed by atoms with Crippen molar-refractivity contribution in [3.8, 4) is 0 Å². The molecule has 5 nitrogen and oxygen atoms in total. The van der Waals surface area contributed by atoms with Gasteiger partial charge in [-0.2, -0.15) is 4.98 Å². The predicted octanol–water partition coefficient (Wildman–Crippen LogP) is 2.78. The summed E-state index contributed by atoms with van der Waals surface area (Å²) < 4.78 is 0. The zero-order valence-corrected chi connectivity index (χ0v) is 11.9. The number of rotatable bonds is 5. The highest BCUT2D eigenvalue weighted by molar-refractivity contribution is 7.16. The third-order valence-electron chi connectivity index (χ3n) is 2.95. The van der Waals surface area contributed by atoms with Gasteiger partial charge < -0.3 is 10.6 Å². The first-order valence-corrected chi connectivity index (χ1v) is 7.31. The lowest BCUT2D eigenvalue weighted by Crippen LogP contribution is -2.09. The van der Waals surface area contributed by atoms with Crippen LogP contribution in [-0.2, 0) is 6.42 Å². The van der Waals surface area contributed by atoms with Gasteiger partial charge in [0.05, 0.1) is 5.39 Å². The zero-order valence-electron chi connectivity index (χ0n) is 11.1. The number of aromatic nitrogens is 3.